The first kappa shape index (κ1) is 16.1. The standard InChI is InChI=1S/C13H11N7O2S2/c1-7-19-20-13(24-7)17-10(21)4-8-6-23-12(16-8)18-11(22)9-5-14-2-3-15-9/h2-3,5-6H,4H2,1H3,(H,16,18,22)(H,17,20,21). The van der Waals surface area contributed by atoms with Crippen molar-refractivity contribution in [2.45, 2.75) is 13.3 Å². The summed E-state index contributed by atoms with van der Waals surface area (Å²) in [6, 6.07) is 0. The van der Waals surface area contributed by atoms with Gasteiger partial charge in [0.1, 0.15) is 10.7 Å². The summed E-state index contributed by atoms with van der Waals surface area (Å²) in [5.41, 5.74) is 0.742. The van der Waals surface area contributed by atoms with E-state index in [1.807, 2.05) is 0 Å². The third-order valence-electron chi connectivity index (χ3n) is 2.68. The highest BCUT2D eigenvalue weighted by molar-refractivity contribution is 7.15. The number of amides is 2. The van der Waals surface area contributed by atoms with Crippen molar-refractivity contribution in [3.63, 3.8) is 0 Å². The van der Waals surface area contributed by atoms with Crippen LogP contribution in [0.25, 0.3) is 0 Å². The summed E-state index contributed by atoms with van der Waals surface area (Å²) in [5.74, 6) is -0.652. The Bertz CT molecular complexity index is 862. The Morgan fingerprint density at radius 1 is 1.17 bits per heavy atom. The largest absolute Gasteiger partial charge is 0.300 e. The van der Waals surface area contributed by atoms with Crippen LogP contribution < -0.4 is 10.6 Å². The molecule has 0 aromatic carbocycles. The molecule has 3 heterocycles. The number of nitrogens with one attached hydrogen (secondary N) is 2. The molecule has 0 atom stereocenters. The van der Waals surface area contributed by atoms with E-state index in [4.69, 9.17) is 0 Å². The summed E-state index contributed by atoms with van der Waals surface area (Å²) in [6.07, 6.45) is 4.36. The van der Waals surface area contributed by atoms with Gasteiger partial charge in [-0.15, -0.1) is 21.5 Å². The molecule has 0 saturated carbocycles. The van der Waals surface area contributed by atoms with Gasteiger partial charge < -0.3 is 5.32 Å². The molecule has 2 N–H and O–H groups in total. The molecule has 3 aromatic heterocycles. The zero-order valence-electron chi connectivity index (χ0n) is 12.4. The van der Waals surface area contributed by atoms with Gasteiger partial charge in [-0.2, -0.15) is 0 Å². The first-order valence-electron chi connectivity index (χ1n) is 6.72. The van der Waals surface area contributed by atoms with E-state index in [0.717, 1.165) is 5.01 Å². The lowest BCUT2D eigenvalue weighted by Gasteiger charge is -2.00. The molecular weight excluding hydrogens is 350 g/mol. The summed E-state index contributed by atoms with van der Waals surface area (Å²) in [5, 5.41) is 16.2. The van der Waals surface area contributed by atoms with E-state index in [0.29, 0.717) is 16.0 Å². The highest BCUT2D eigenvalue weighted by Gasteiger charge is 2.13. The summed E-state index contributed by atoms with van der Waals surface area (Å²) in [4.78, 5) is 35.8. The van der Waals surface area contributed by atoms with Crippen LogP contribution in [0.3, 0.4) is 0 Å². The third kappa shape index (κ3) is 4.14. The third-order valence-corrected chi connectivity index (χ3v) is 4.24. The molecule has 11 heteroatoms. The fraction of sp³-hybridized carbons (Fsp3) is 0.154. The predicted octanol–water partition coefficient (Wildman–Crippen LogP) is 1.53. The highest BCUT2D eigenvalue weighted by atomic mass is 32.1. The van der Waals surface area contributed by atoms with E-state index in [9.17, 15) is 9.59 Å². The van der Waals surface area contributed by atoms with E-state index in [1.165, 1.54) is 41.3 Å². The van der Waals surface area contributed by atoms with Crippen LogP contribution in [0.15, 0.2) is 24.0 Å². The quantitative estimate of drug-likeness (QED) is 0.706. The van der Waals surface area contributed by atoms with E-state index in [1.54, 1.807) is 12.3 Å². The SMILES string of the molecule is Cc1nnc(NC(=O)Cc2csc(NC(=O)c3cnccn3)n2)s1. The van der Waals surface area contributed by atoms with Gasteiger partial charge in [0.2, 0.25) is 11.0 Å². The molecule has 122 valence electrons. The number of thiazole rings is 1. The molecule has 0 aliphatic heterocycles. The Balaban J connectivity index is 1.57. The van der Waals surface area contributed by atoms with E-state index in [-0.39, 0.29) is 18.0 Å². The Morgan fingerprint density at radius 2 is 2.04 bits per heavy atom. The zero-order chi connectivity index (χ0) is 16.9. The van der Waals surface area contributed by atoms with Crippen molar-refractivity contribution in [2.75, 3.05) is 10.6 Å². The van der Waals surface area contributed by atoms with E-state index < -0.39 is 5.91 Å². The summed E-state index contributed by atoms with van der Waals surface area (Å²) in [6.45, 7) is 1.81. The van der Waals surface area contributed by atoms with Gasteiger partial charge in [0.25, 0.3) is 5.91 Å². The average molecular weight is 361 g/mol. The Hall–Kier alpha value is -2.79. The Labute approximate surface area is 144 Å². The molecule has 2 amide bonds. The maximum atomic E-state index is 11.9. The van der Waals surface area contributed by atoms with Crippen LogP contribution in [0.1, 0.15) is 21.2 Å². The molecule has 0 spiro atoms. The molecule has 0 aliphatic rings. The number of aromatic nitrogens is 5. The van der Waals surface area contributed by atoms with Gasteiger partial charge in [0, 0.05) is 17.8 Å². The monoisotopic (exact) mass is 361 g/mol. The van der Waals surface area contributed by atoms with E-state index in [2.05, 4.69) is 35.8 Å². The number of nitrogens with zero attached hydrogens (tertiary/aromatic N) is 5. The number of rotatable bonds is 5. The van der Waals surface area contributed by atoms with Crippen molar-refractivity contribution >= 4 is 44.8 Å². The van der Waals surface area contributed by atoms with Crippen molar-refractivity contribution in [1.29, 1.82) is 0 Å². The predicted molar refractivity (Wildman–Crippen MR) is 89.1 cm³/mol. The second kappa shape index (κ2) is 7.19. The lowest BCUT2D eigenvalue weighted by atomic mass is 10.3. The van der Waals surface area contributed by atoms with Crippen molar-refractivity contribution in [3.05, 3.63) is 40.4 Å². The van der Waals surface area contributed by atoms with Crippen LogP contribution in [0.4, 0.5) is 10.3 Å². The lowest BCUT2D eigenvalue weighted by Crippen LogP contribution is -2.15. The van der Waals surface area contributed by atoms with Crippen LogP contribution in [0.2, 0.25) is 0 Å². The zero-order valence-corrected chi connectivity index (χ0v) is 14.0. The molecule has 0 unspecified atom stereocenters. The smallest absolute Gasteiger partial charge is 0.277 e. The van der Waals surface area contributed by atoms with Gasteiger partial charge in [-0.1, -0.05) is 11.3 Å². The number of carbonyl (C=O) groups is 2. The van der Waals surface area contributed by atoms with Crippen LogP contribution >= 0.6 is 22.7 Å². The lowest BCUT2D eigenvalue weighted by molar-refractivity contribution is -0.115. The van der Waals surface area contributed by atoms with E-state index >= 15 is 0 Å². The van der Waals surface area contributed by atoms with Crippen molar-refractivity contribution in [3.8, 4) is 0 Å². The van der Waals surface area contributed by atoms with Gasteiger partial charge in [-0.25, -0.2) is 9.97 Å². The van der Waals surface area contributed by atoms with Crippen molar-refractivity contribution < 1.29 is 9.59 Å². The highest BCUT2D eigenvalue weighted by Crippen LogP contribution is 2.18. The van der Waals surface area contributed by atoms with Crippen molar-refractivity contribution in [2.24, 2.45) is 0 Å². The van der Waals surface area contributed by atoms with Gasteiger partial charge in [-0.05, 0) is 6.92 Å². The first-order valence-corrected chi connectivity index (χ1v) is 8.41. The normalized spacial score (nSPS) is 10.4. The molecular formula is C13H11N7O2S2. The molecule has 9 nitrogen and oxygen atoms in total. The molecule has 0 aliphatic carbocycles. The Kier molecular flexibility index (Phi) is 4.82. The Morgan fingerprint density at radius 3 is 2.75 bits per heavy atom. The second-order valence-corrected chi connectivity index (χ2v) is 6.58. The number of carbonyl (C=O) groups excluding carboxylic acids is 2. The summed E-state index contributed by atoms with van der Waals surface area (Å²) in [7, 11) is 0. The van der Waals surface area contributed by atoms with Gasteiger partial charge >= 0.3 is 0 Å². The molecule has 0 bridgehead atoms. The number of anilines is 2. The second-order valence-electron chi connectivity index (χ2n) is 4.54. The van der Waals surface area contributed by atoms with Gasteiger partial charge in [0.05, 0.1) is 18.3 Å². The van der Waals surface area contributed by atoms with Gasteiger partial charge in [-0.3, -0.25) is 19.9 Å². The molecule has 0 saturated heterocycles. The van der Waals surface area contributed by atoms with Gasteiger partial charge in [0.15, 0.2) is 5.13 Å². The molecule has 3 aromatic rings. The van der Waals surface area contributed by atoms with Crippen LogP contribution in [-0.2, 0) is 11.2 Å². The minimum absolute atomic E-state index is 0.0795. The minimum Gasteiger partial charge on any atom is -0.300 e. The fourth-order valence-corrected chi connectivity index (χ4v) is 3.01. The number of hydrogen-bond donors (Lipinski definition) is 2. The number of aryl methyl sites for hydroxylation is 1. The average Bonchev–Trinajstić information content (AvgIpc) is 3.17. The molecule has 3 rings (SSSR count). The minimum atomic E-state index is -0.405. The summed E-state index contributed by atoms with van der Waals surface area (Å²) >= 11 is 2.52. The summed E-state index contributed by atoms with van der Waals surface area (Å²) < 4.78 is 0. The molecule has 0 fully saturated rings. The first-order chi connectivity index (χ1) is 11.6. The fourth-order valence-electron chi connectivity index (χ4n) is 1.70. The van der Waals surface area contributed by atoms with Crippen LogP contribution in [0.5, 0.6) is 0 Å². The maximum absolute atomic E-state index is 11.9. The topological polar surface area (TPSA) is 123 Å². The maximum Gasteiger partial charge on any atom is 0.277 e. The number of hydrogen-bond acceptors (Lipinski definition) is 9. The van der Waals surface area contributed by atoms with Crippen LogP contribution in [0, 0.1) is 6.92 Å². The van der Waals surface area contributed by atoms with Crippen molar-refractivity contribution in [1.82, 2.24) is 25.1 Å². The molecule has 0 radical (unpaired) electrons. The molecule has 24 heavy (non-hydrogen) atoms. The van der Waals surface area contributed by atoms with Crippen LogP contribution in [-0.4, -0.2) is 37.0 Å².